The molecule has 4 heteroatoms. The van der Waals surface area contributed by atoms with Gasteiger partial charge in [0.05, 0.1) is 12.5 Å². The maximum atomic E-state index is 11.7. The van der Waals surface area contributed by atoms with Gasteiger partial charge in [-0.2, -0.15) is 0 Å². The summed E-state index contributed by atoms with van der Waals surface area (Å²) in [5, 5.41) is 0. The predicted octanol–water partition coefficient (Wildman–Crippen LogP) is 2.98. The van der Waals surface area contributed by atoms with E-state index in [0.717, 1.165) is 22.4 Å². The minimum atomic E-state index is -0.160. The lowest BCUT2D eigenvalue weighted by atomic mass is 9.97. The molecular formula is C17H18N2OS. The number of anilines is 1. The van der Waals surface area contributed by atoms with Gasteiger partial charge in [-0.15, -0.1) is 11.8 Å². The van der Waals surface area contributed by atoms with Gasteiger partial charge in [0, 0.05) is 17.6 Å². The summed E-state index contributed by atoms with van der Waals surface area (Å²) < 4.78 is 0. The van der Waals surface area contributed by atoms with Gasteiger partial charge in [0.15, 0.2) is 0 Å². The Morgan fingerprint density at radius 3 is 2.48 bits per heavy atom. The molecule has 2 aromatic carbocycles. The Kier molecular flexibility index (Phi) is 3.74. The molecule has 1 amide bonds. The third-order valence-electron chi connectivity index (χ3n) is 4.01. The molecule has 0 aromatic heterocycles. The number of hydrogen-bond donors (Lipinski definition) is 1. The van der Waals surface area contributed by atoms with E-state index in [2.05, 4.69) is 36.6 Å². The zero-order chi connectivity index (χ0) is 15.0. The van der Waals surface area contributed by atoms with Crippen molar-refractivity contribution >= 4 is 23.4 Å². The summed E-state index contributed by atoms with van der Waals surface area (Å²) in [6, 6.07) is 14.2. The average molecular weight is 298 g/mol. The van der Waals surface area contributed by atoms with Crippen molar-refractivity contribution in [3.63, 3.8) is 0 Å². The van der Waals surface area contributed by atoms with Crippen LogP contribution in [-0.2, 0) is 11.2 Å². The summed E-state index contributed by atoms with van der Waals surface area (Å²) >= 11 is 1.72. The number of thioether (sulfide) groups is 1. The zero-order valence-electron chi connectivity index (χ0n) is 12.2. The van der Waals surface area contributed by atoms with Crippen molar-refractivity contribution < 1.29 is 4.79 Å². The van der Waals surface area contributed by atoms with Crippen molar-refractivity contribution in [2.45, 2.75) is 17.4 Å². The lowest BCUT2D eigenvalue weighted by Gasteiger charge is -2.15. The molecule has 0 saturated carbocycles. The second-order valence-electron chi connectivity index (χ2n) is 5.27. The molecule has 2 N–H and O–H groups in total. The van der Waals surface area contributed by atoms with Crippen LogP contribution in [-0.4, -0.2) is 19.2 Å². The van der Waals surface area contributed by atoms with E-state index in [-0.39, 0.29) is 11.9 Å². The van der Waals surface area contributed by atoms with Crippen LogP contribution in [0.1, 0.15) is 22.7 Å². The van der Waals surface area contributed by atoms with E-state index in [1.54, 1.807) is 16.7 Å². The normalized spacial score (nSPS) is 15.2. The molecule has 0 radical (unpaired) electrons. The van der Waals surface area contributed by atoms with Gasteiger partial charge in [0.1, 0.15) is 0 Å². The molecule has 0 bridgehead atoms. The van der Waals surface area contributed by atoms with Crippen molar-refractivity contribution in [2.75, 3.05) is 18.2 Å². The molecule has 3 nitrogen and oxygen atoms in total. The number of nitrogens with two attached hydrogens (primary N) is 1. The topological polar surface area (TPSA) is 46.3 Å². The molecule has 1 aliphatic heterocycles. The number of carbonyl (C=O) groups excluding carboxylic acids is 1. The first-order valence-electron chi connectivity index (χ1n) is 6.89. The molecule has 0 fully saturated rings. The summed E-state index contributed by atoms with van der Waals surface area (Å²) in [6.07, 6.45) is 2.53. The molecule has 21 heavy (non-hydrogen) atoms. The highest BCUT2D eigenvalue weighted by atomic mass is 32.2. The maximum Gasteiger partial charge on any atom is 0.231 e. The van der Waals surface area contributed by atoms with Gasteiger partial charge in [0.2, 0.25) is 5.91 Å². The van der Waals surface area contributed by atoms with Crippen molar-refractivity contribution in [2.24, 2.45) is 5.73 Å². The SMILES string of the molecule is CSc1ccc(C(N)c2ccc3c(c2)CC(=O)N3C)cc1. The van der Waals surface area contributed by atoms with Crippen LogP contribution < -0.4 is 10.6 Å². The van der Waals surface area contributed by atoms with Crippen LogP contribution in [0.2, 0.25) is 0 Å². The fourth-order valence-electron chi connectivity index (χ4n) is 2.69. The first-order valence-corrected chi connectivity index (χ1v) is 8.11. The Labute approximate surface area is 129 Å². The van der Waals surface area contributed by atoms with Crippen LogP contribution in [0.5, 0.6) is 0 Å². The van der Waals surface area contributed by atoms with Gasteiger partial charge in [-0.05, 0) is 41.1 Å². The molecule has 0 spiro atoms. The van der Waals surface area contributed by atoms with E-state index in [4.69, 9.17) is 5.73 Å². The molecular weight excluding hydrogens is 280 g/mol. The molecule has 1 atom stereocenters. The molecule has 2 aromatic rings. The monoisotopic (exact) mass is 298 g/mol. The largest absolute Gasteiger partial charge is 0.320 e. The minimum Gasteiger partial charge on any atom is -0.320 e. The van der Waals surface area contributed by atoms with E-state index in [1.165, 1.54) is 4.90 Å². The quantitative estimate of drug-likeness (QED) is 0.886. The average Bonchev–Trinajstić information content (AvgIpc) is 2.81. The van der Waals surface area contributed by atoms with Crippen LogP contribution in [0.15, 0.2) is 47.4 Å². The Balaban J connectivity index is 1.90. The Hall–Kier alpha value is -1.78. The third-order valence-corrected chi connectivity index (χ3v) is 4.76. The number of nitrogens with zero attached hydrogens (tertiary/aromatic N) is 1. The maximum absolute atomic E-state index is 11.7. The number of fused-ring (bicyclic) bond motifs is 1. The molecule has 3 rings (SSSR count). The highest BCUT2D eigenvalue weighted by Gasteiger charge is 2.24. The van der Waals surface area contributed by atoms with E-state index >= 15 is 0 Å². The number of hydrogen-bond acceptors (Lipinski definition) is 3. The molecule has 108 valence electrons. The van der Waals surface area contributed by atoms with E-state index in [0.29, 0.717) is 6.42 Å². The van der Waals surface area contributed by atoms with Gasteiger partial charge in [0.25, 0.3) is 0 Å². The van der Waals surface area contributed by atoms with Crippen LogP contribution >= 0.6 is 11.8 Å². The molecule has 1 heterocycles. The lowest BCUT2D eigenvalue weighted by molar-refractivity contribution is -0.117. The van der Waals surface area contributed by atoms with Crippen molar-refractivity contribution in [1.29, 1.82) is 0 Å². The molecule has 0 aliphatic carbocycles. The van der Waals surface area contributed by atoms with E-state index in [9.17, 15) is 4.79 Å². The smallest absolute Gasteiger partial charge is 0.231 e. The number of carbonyl (C=O) groups is 1. The number of likely N-dealkylation sites (N-methyl/N-ethyl adjacent to an activating group) is 1. The highest BCUT2D eigenvalue weighted by molar-refractivity contribution is 7.98. The Morgan fingerprint density at radius 2 is 1.81 bits per heavy atom. The minimum absolute atomic E-state index is 0.139. The Bertz CT molecular complexity index is 682. The lowest BCUT2D eigenvalue weighted by Crippen LogP contribution is -2.20. The van der Waals surface area contributed by atoms with Crippen LogP contribution in [0.3, 0.4) is 0 Å². The van der Waals surface area contributed by atoms with Gasteiger partial charge in [-0.25, -0.2) is 0 Å². The summed E-state index contributed by atoms with van der Waals surface area (Å²) in [6.45, 7) is 0. The summed E-state index contributed by atoms with van der Waals surface area (Å²) in [5.74, 6) is 0.139. The van der Waals surface area contributed by atoms with Gasteiger partial charge in [-0.1, -0.05) is 24.3 Å². The first kappa shape index (κ1) is 14.2. The predicted molar refractivity (Wildman–Crippen MR) is 87.8 cm³/mol. The van der Waals surface area contributed by atoms with Gasteiger partial charge >= 0.3 is 0 Å². The molecule has 1 unspecified atom stereocenters. The van der Waals surface area contributed by atoms with Crippen molar-refractivity contribution in [3.05, 3.63) is 59.2 Å². The summed E-state index contributed by atoms with van der Waals surface area (Å²) in [5.41, 5.74) is 10.6. The molecule has 1 aliphatic rings. The summed E-state index contributed by atoms with van der Waals surface area (Å²) in [4.78, 5) is 14.7. The molecule has 0 saturated heterocycles. The third kappa shape index (κ3) is 2.57. The fourth-order valence-corrected chi connectivity index (χ4v) is 3.10. The zero-order valence-corrected chi connectivity index (χ0v) is 13.0. The van der Waals surface area contributed by atoms with Crippen molar-refractivity contribution in [1.82, 2.24) is 0 Å². The second-order valence-corrected chi connectivity index (χ2v) is 6.15. The fraction of sp³-hybridized carbons (Fsp3) is 0.235. The highest BCUT2D eigenvalue weighted by Crippen LogP contribution is 2.31. The number of benzene rings is 2. The van der Waals surface area contributed by atoms with Gasteiger partial charge in [-0.3, -0.25) is 4.79 Å². The number of rotatable bonds is 3. The van der Waals surface area contributed by atoms with Crippen LogP contribution in [0.25, 0.3) is 0 Å². The standard InChI is InChI=1S/C17H18N2OS/c1-19-15-8-5-12(9-13(15)10-16(19)20)17(18)11-3-6-14(21-2)7-4-11/h3-9,17H,10,18H2,1-2H3. The number of amides is 1. The van der Waals surface area contributed by atoms with E-state index in [1.807, 2.05) is 19.2 Å². The Morgan fingerprint density at radius 1 is 1.14 bits per heavy atom. The second kappa shape index (κ2) is 5.54. The van der Waals surface area contributed by atoms with Crippen LogP contribution in [0.4, 0.5) is 5.69 Å². The summed E-state index contributed by atoms with van der Waals surface area (Å²) in [7, 11) is 1.81. The van der Waals surface area contributed by atoms with Gasteiger partial charge < -0.3 is 10.6 Å². The van der Waals surface area contributed by atoms with E-state index < -0.39 is 0 Å². The van der Waals surface area contributed by atoms with Crippen LogP contribution in [0, 0.1) is 0 Å². The van der Waals surface area contributed by atoms with Crippen molar-refractivity contribution in [3.8, 4) is 0 Å². The first-order chi connectivity index (χ1) is 10.1.